The van der Waals surface area contributed by atoms with Crippen LogP contribution in [-0.4, -0.2) is 41.3 Å². The number of rotatable bonds is 5. The van der Waals surface area contributed by atoms with Crippen LogP contribution in [0.15, 0.2) is 6.07 Å². The second kappa shape index (κ2) is 6.70. The lowest BCUT2D eigenvalue weighted by atomic mass is 9.94. The lowest BCUT2D eigenvalue weighted by molar-refractivity contribution is 0.311. The van der Waals surface area contributed by atoms with Crippen LogP contribution in [0, 0.1) is 6.92 Å². The van der Waals surface area contributed by atoms with Crippen molar-refractivity contribution in [1.82, 2.24) is 9.97 Å². The molecular weight excluding hydrogens is 240 g/mol. The Bertz CT molecular complexity index is 404. The standard InChI is InChI=1S/C14H24N4O/c1-11-16-13(15-8-9-19)10-14(17-11)18(2)12-6-4-3-5-7-12/h10,12,19H,3-9H2,1-2H3,(H,15,16,17). The Balaban J connectivity index is 2.11. The lowest BCUT2D eigenvalue weighted by Crippen LogP contribution is -2.34. The summed E-state index contributed by atoms with van der Waals surface area (Å²) in [7, 11) is 2.12. The molecule has 5 heteroatoms. The van der Waals surface area contributed by atoms with Crippen molar-refractivity contribution in [2.75, 3.05) is 30.4 Å². The monoisotopic (exact) mass is 264 g/mol. The number of aliphatic hydroxyl groups excluding tert-OH is 1. The van der Waals surface area contributed by atoms with Gasteiger partial charge in [-0.2, -0.15) is 0 Å². The topological polar surface area (TPSA) is 61.3 Å². The average molecular weight is 264 g/mol. The number of aromatic nitrogens is 2. The Morgan fingerprint density at radius 3 is 2.74 bits per heavy atom. The quantitative estimate of drug-likeness (QED) is 0.851. The minimum atomic E-state index is 0.108. The van der Waals surface area contributed by atoms with Gasteiger partial charge in [0.15, 0.2) is 0 Å². The van der Waals surface area contributed by atoms with Gasteiger partial charge in [0.05, 0.1) is 6.61 Å². The van der Waals surface area contributed by atoms with Crippen molar-refractivity contribution in [2.24, 2.45) is 0 Å². The fourth-order valence-corrected chi connectivity index (χ4v) is 2.66. The van der Waals surface area contributed by atoms with Gasteiger partial charge in [-0.25, -0.2) is 9.97 Å². The molecule has 1 fully saturated rings. The molecule has 1 aliphatic rings. The van der Waals surface area contributed by atoms with E-state index in [-0.39, 0.29) is 6.61 Å². The second-order valence-electron chi connectivity index (χ2n) is 5.21. The number of hydrogen-bond acceptors (Lipinski definition) is 5. The van der Waals surface area contributed by atoms with Crippen LogP contribution in [0.4, 0.5) is 11.6 Å². The molecular formula is C14H24N4O. The first-order valence-electron chi connectivity index (χ1n) is 7.14. The van der Waals surface area contributed by atoms with E-state index in [2.05, 4.69) is 27.2 Å². The van der Waals surface area contributed by atoms with Crippen LogP contribution in [0.2, 0.25) is 0 Å². The van der Waals surface area contributed by atoms with Crippen molar-refractivity contribution in [3.63, 3.8) is 0 Å². The molecule has 19 heavy (non-hydrogen) atoms. The number of nitrogens with zero attached hydrogens (tertiary/aromatic N) is 3. The highest BCUT2D eigenvalue weighted by atomic mass is 16.3. The van der Waals surface area contributed by atoms with Crippen molar-refractivity contribution in [2.45, 2.75) is 45.1 Å². The summed E-state index contributed by atoms with van der Waals surface area (Å²) in [4.78, 5) is 11.1. The second-order valence-corrected chi connectivity index (χ2v) is 5.21. The highest BCUT2D eigenvalue weighted by Crippen LogP contribution is 2.25. The molecule has 1 aromatic rings. The molecule has 1 aromatic heterocycles. The van der Waals surface area contributed by atoms with E-state index in [0.717, 1.165) is 17.5 Å². The first-order valence-corrected chi connectivity index (χ1v) is 7.14. The molecule has 0 aromatic carbocycles. The summed E-state index contributed by atoms with van der Waals surface area (Å²) < 4.78 is 0. The first kappa shape index (κ1) is 14.1. The van der Waals surface area contributed by atoms with Gasteiger partial charge < -0.3 is 15.3 Å². The number of aliphatic hydroxyl groups is 1. The average Bonchev–Trinajstić information content (AvgIpc) is 2.44. The Hall–Kier alpha value is -1.36. The van der Waals surface area contributed by atoms with Crippen molar-refractivity contribution < 1.29 is 5.11 Å². The maximum atomic E-state index is 8.86. The zero-order valence-corrected chi connectivity index (χ0v) is 11.9. The third-order valence-corrected chi connectivity index (χ3v) is 3.73. The van der Waals surface area contributed by atoms with E-state index >= 15 is 0 Å². The summed E-state index contributed by atoms with van der Waals surface area (Å²) in [5.74, 6) is 2.53. The first-order chi connectivity index (χ1) is 9.20. The predicted octanol–water partition coefficient (Wildman–Crippen LogP) is 1.96. The maximum absolute atomic E-state index is 8.86. The third-order valence-electron chi connectivity index (χ3n) is 3.73. The van der Waals surface area contributed by atoms with Crippen LogP contribution in [0.1, 0.15) is 37.9 Å². The van der Waals surface area contributed by atoms with Crippen LogP contribution < -0.4 is 10.2 Å². The van der Waals surface area contributed by atoms with E-state index in [1.807, 2.05) is 13.0 Å². The number of hydrogen-bond donors (Lipinski definition) is 2. The van der Waals surface area contributed by atoms with Gasteiger partial charge in [0.1, 0.15) is 17.5 Å². The molecule has 0 amide bonds. The summed E-state index contributed by atoms with van der Waals surface area (Å²) in [5.41, 5.74) is 0. The zero-order valence-electron chi connectivity index (χ0n) is 11.9. The zero-order chi connectivity index (χ0) is 13.7. The molecule has 0 radical (unpaired) electrons. The van der Waals surface area contributed by atoms with Crippen LogP contribution in [-0.2, 0) is 0 Å². The van der Waals surface area contributed by atoms with E-state index in [1.54, 1.807) is 0 Å². The fourth-order valence-electron chi connectivity index (χ4n) is 2.66. The van der Waals surface area contributed by atoms with Crippen LogP contribution >= 0.6 is 0 Å². The Kier molecular flexibility index (Phi) is 4.96. The normalized spacial score (nSPS) is 16.4. The molecule has 0 atom stereocenters. The van der Waals surface area contributed by atoms with Crippen LogP contribution in [0.25, 0.3) is 0 Å². The number of nitrogens with one attached hydrogen (secondary N) is 1. The van der Waals surface area contributed by atoms with Crippen molar-refractivity contribution in [1.29, 1.82) is 0 Å². The molecule has 106 valence electrons. The van der Waals surface area contributed by atoms with Crippen LogP contribution in [0.5, 0.6) is 0 Å². The smallest absolute Gasteiger partial charge is 0.134 e. The van der Waals surface area contributed by atoms with Gasteiger partial charge in [-0.15, -0.1) is 0 Å². The third kappa shape index (κ3) is 3.80. The summed E-state index contributed by atoms with van der Waals surface area (Å²) in [6.07, 6.45) is 6.48. The molecule has 0 unspecified atom stereocenters. The lowest BCUT2D eigenvalue weighted by Gasteiger charge is -2.32. The molecule has 0 aliphatic heterocycles. The largest absolute Gasteiger partial charge is 0.395 e. The molecule has 2 rings (SSSR count). The SMILES string of the molecule is Cc1nc(NCCO)cc(N(C)C2CCCCC2)n1. The van der Waals surface area contributed by atoms with Gasteiger partial charge >= 0.3 is 0 Å². The van der Waals surface area contributed by atoms with Crippen molar-refractivity contribution in [3.05, 3.63) is 11.9 Å². The minimum absolute atomic E-state index is 0.108. The highest BCUT2D eigenvalue weighted by Gasteiger charge is 2.19. The Labute approximate surface area is 115 Å². The van der Waals surface area contributed by atoms with Gasteiger partial charge in [0.25, 0.3) is 0 Å². The fraction of sp³-hybridized carbons (Fsp3) is 0.714. The summed E-state index contributed by atoms with van der Waals surface area (Å²) in [5, 5.41) is 12.0. The molecule has 1 saturated carbocycles. The van der Waals surface area contributed by atoms with Gasteiger partial charge in [-0.05, 0) is 19.8 Å². The van der Waals surface area contributed by atoms with Gasteiger partial charge in [-0.1, -0.05) is 19.3 Å². The van der Waals surface area contributed by atoms with Gasteiger partial charge in [-0.3, -0.25) is 0 Å². The summed E-state index contributed by atoms with van der Waals surface area (Å²) in [6.45, 7) is 2.53. The maximum Gasteiger partial charge on any atom is 0.134 e. The molecule has 1 aliphatic carbocycles. The molecule has 0 saturated heterocycles. The van der Waals surface area contributed by atoms with Gasteiger partial charge in [0.2, 0.25) is 0 Å². The van der Waals surface area contributed by atoms with Gasteiger partial charge in [0, 0.05) is 25.7 Å². The van der Waals surface area contributed by atoms with E-state index < -0.39 is 0 Å². The molecule has 0 bridgehead atoms. The number of aryl methyl sites for hydroxylation is 1. The van der Waals surface area contributed by atoms with E-state index in [9.17, 15) is 0 Å². The van der Waals surface area contributed by atoms with E-state index in [4.69, 9.17) is 5.11 Å². The molecule has 2 N–H and O–H groups in total. The van der Waals surface area contributed by atoms with E-state index in [0.29, 0.717) is 12.6 Å². The van der Waals surface area contributed by atoms with Crippen molar-refractivity contribution >= 4 is 11.6 Å². The van der Waals surface area contributed by atoms with Crippen LogP contribution in [0.3, 0.4) is 0 Å². The number of anilines is 2. The van der Waals surface area contributed by atoms with Crippen molar-refractivity contribution in [3.8, 4) is 0 Å². The highest BCUT2D eigenvalue weighted by molar-refractivity contribution is 5.49. The minimum Gasteiger partial charge on any atom is -0.395 e. The Morgan fingerprint density at radius 1 is 1.32 bits per heavy atom. The summed E-state index contributed by atoms with van der Waals surface area (Å²) in [6, 6.07) is 2.56. The predicted molar refractivity (Wildman–Crippen MR) is 77.6 cm³/mol. The van der Waals surface area contributed by atoms with E-state index in [1.165, 1.54) is 32.1 Å². The molecule has 5 nitrogen and oxygen atoms in total. The summed E-state index contributed by atoms with van der Waals surface area (Å²) >= 11 is 0. The Morgan fingerprint density at radius 2 is 2.05 bits per heavy atom. The molecule has 0 spiro atoms. The molecule has 1 heterocycles.